The smallest absolute Gasteiger partial charge is 0.339 e. The summed E-state index contributed by atoms with van der Waals surface area (Å²) in [6.45, 7) is 12.1. The van der Waals surface area contributed by atoms with Gasteiger partial charge in [-0.1, -0.05) is 81.4 Å². The summed E-state index contributed by atoms with van der Waals surface area (Å²) in [5.41, 5.74) is 1.45. The lowest BCUT2D eigenvalue weighted by Gasteiger charge is -2.50. The minimum atomic E-state index is -2.13. The first kappa shape index (κ1) is 33.9. The van der Waals surface area contributed by atoms with Crippen LogP contribution in [-0.2, 0) is 13.9 Å². The standard InChI is InChI=1S/C37H46O8Si/c1-8-46(9-2,10-3)45-34-31(39)36(44-37(5,6)35(34)40-7)42-28-22-21-27-29(23-30(38)43-32(27)24(28)4)41-33(25-17-13-11-14-18-25)26-19-15-12-16-20-26/h11-23,31,33-36,39H,8-10H2,1-7H3/t31-,34-,35-,36-/m1/s1. The molecule has 2 heterocycles. The molecule has 5 rings (SSSR count). The van der Waals surface area contributed by atoms with E-state index in [9.17, 15) is 9.90 Å². The van der Waals surface area contributed by atoms with Gasteiger partial charge in [0, 0.05) is 12.7 Å². The van der Waals surface area contributed by atoms with Crippen molar-refractivity contribution < 1.29 is 32.9 Å². The van der Waals surface area contributed by atoms with E-state index in [4.69, 9.17) is 27.8 Å². The molecular formula is C37H46O8Si. The topological polar surface area (TPSA) is 96.6 Å². The molecule has 3 aromatic carbocycles. The Morgan fingerprint density at radius 3 is 2.02 bits per heavy atom. The Balaban J connectivity index is 1.49. The molecule has 4 aromatic rings. The molecule has 8 nitrogen and oxygen atoms in total. The predicted octanol–water partition coefficient (Wildman–Crippen LogP) is 7.55. The van der Waals surface area contributed by atoms with Gasteiger partial charge in [-0.05, 0) is 62.2 Å². The summed E-state index contributed by atoms with van der Waals surface area (Å²) in [5.74, 6) is 0.806. The van der Waals surface area contributed by atoms with E-state index in [1.165, 1.54) is 6.07 Å². The maximum absolute atomic E-state index is 12.9. The number of hydrogen-bond acceptors (Lipinski definition) is 8. The second-order valence-corrected chi connectivity index (χ2v) is 17.2. The third-order valence-electron chi connectivity index (χ3n) is 9.36. The van der Waals surface area contributed by atoms with Gasteiger partial charge in [-0.15, -0.1) is 0 Å². The number of rotatable bonds is 12. The van der Waals surface area contributed by atoms with Crippen LogP contribution in [0.1, 0.15) is 57.4 Å². The minimum absolute atomic E-state index is 0.335. The van der Waals surface area contributed by atoms with Gasteiger partial charge in [0.1, 0.15) is 41.5 Å². The monoisotopic (exact) mass is 646 g/mol. The number of aliphatic hydroxyl groups is 1. The Morgan fingerprint density at radius 2 is 1.48 bits per heavy atom. The molecule has 246 valence electrons. The summed E-state index contributed by atoms with van der Waals surface area (Å²) >= 11 is 0. The first-order chi connectivity index (χ1) is 22.1. The maximum Gasteiger partial charge on any atom is 0.339 e. The Hall–Kier alpha value is -3.47. The van der Waals surface area contributed by atoms with E-state index < -0.39 is 50.2 Å². The van der Waals surface area contributed by atoms with Crippen molar-refractivity contribution in [3.05, 3.63) is 106 Å². The van der Waals surface area contributed by atoms with Crippen molar-refractivity contribution in [2.24, 2.45) is 0 Å². The van der Waals surface area contributed by atoms with E-state index in [0.717, 1.165) is 29.3 Å². The van der Waals surface area contributed by atoms with Gasteiger partial charge in [0.25, 0.3) is 0 Å². The van der Waals surface area contributed by atoms with E-state index in [0.29, 0.717) is 28.0 Å². The van der Waals surface area contributed by atoms with Crippen molar-refractivity contribution in [3.8, 4) is 11.5 Å². The molecule has 0 unspecified atom stereocenters. The molecular weight excluding hydrogens is 600 g/mol. The van der Waals surface area contributed by atoms with Crippen molar-refractivity contribution in [2.45, 2.75) is 96.0 Å². The van der Waals surface area contributed by atoms with E-state index in [1.807, 2.05) is 81.4 Å². The van der Waals surface area contributed by atoms with Crippen LogP contribution in [-0.4, -0.2) is 50.7 Å². The quantitative estimate of drug-likeness (QED) is 0.125. The van der Waals surface area contributed by atoms with Gasteiger partial charge >= 0.3 is 5.63 Å². The van der Waals surface area contributed by atoms with Crippen LogP contribution in [0.3, 0.4) is 0 Å². The van der Waals surface area contributed by atoms with Crippen LogP contribution in [0.15, 0.2) is 88.1 Å². The molecule has 0 bridgehead atoms. The van der Waals surface area contributed by atoms with Crippen molar-refractivity contribution in [1.82, 2.24) is 0 Å². The fourth-order valence-electron chi connectivity index (χ4n) is 6.47. The number of ether oxygens (including phenoxy) is 4. The molecule has 0 spiro atoms. The first-order valence-electron chi connectivity index (χ1n) is 16.1. The average Bonchev–Trinajstić information content (AvgIpc) is 3.06. The normalized spacial score (nSPS) is 21.4. The highest BCUT2D eigenvalue weighted by atomic mass is 28.4. The number of aryl methyl sites for hydroxylation is 1. The highest BCUT2D eigenvalue weighted by molar-refractivity contribution is 6.73. The summed E-state index contributed by atoms with van der Waals surface area (Å²) < 4.78 is 37.7. The highest BCUT2D eigenvalue weighted by Crippen LogP contribution is 2.40. The number of methoxy groups -OCH3 is 1. The van der Waals surface area contributed by atoms with Crippen molar-refractivity contribution >= 4 is 19.3 Å². The highest BCUT2D eigenvalue weighted by Gasteiger charge is 2.53. The fourth-order valence-corrected chi connectivity index (χ4v) is 9.31. The summed E-state index contributed by atoms with van der Waals surface area (Å²) in [5, 5.41) is 12.3. The van der Waals surface area contributed by atoms with Gasteiger partial charge in [0.05, 0.1) is 17.1 Å². The van der Waals surface area contributed by atoms with Crippen LogP contribution < -0.4 is 15.1 Å². The van der Waals surface area contributed by atoms with Crippen molar-refractivity contribution in [2.75, 3.05) is 7.11 Å². The molecule has 0 aliphatic carbocycles. The van der Waals surface area contributed by atoms with E-state index in [-0.39, 0.29) is 0 Å². The molecule has 4 atom stereocenters. The van der Waals surface area contributed by atoms with Gasteiger partial charge in [-0.3, -0.25) is 0 Å². The number of benzene rings is 3. The van der Waals surface area contributed by atoms with Crippen molar-refractivity contribution in [3.63, 3.8) is 0 Å². The molecule has 1 fully saturated rings. The lowest BCUT2D eigenvalue weighted by molar-refractivity contribution is -0.303. The number of fused-ring (bicyclic) bond motifs is 1. The van der Waals surface area contributed by atoms with E-state index in [1.54, 1.807) is 19.2 Å². The minimum Gasteiger partial charge on any atom is -0.480 e. The average molecular weight is 647 g/mol. The largest absolute Gasteiger partial charge is 0.480 e. The van der Waals surface area contributed by atoms with Gasteiger partial charge < -0.3 is 32.9 Å². The van der Waals surface area contributed by atoms with Crippen molar-refractivity contribution in [1.29, 1.82) is 0 Å². The molecule has 0 amide bonds. The van der Waals surface area contributed by atoms with Gasteiger partial charge in [0.2, 0.25) is 6.29 Å². The lowest BCUT2D eigenvalue weighted by atomic mass is 9.89. The Morgan fingerprint density at radius 1 is 0.891 bits per heavy atom. The van der Waals surface area contributed by atoms with Crippen LogP contribution >= 0.6 is 0 Å². The molecule has 46 heavy (non-hydrogen) atoms. The van der Waals surface area contributed by atoms with Crippen LogP contribution in [0, 0.1) is 6.92 Å². The molecule has 1 aliphatic rings. The van der Waals surface area contributed by atoms with Crippen LogP contribution in [0.4, 0.5) is 0 Å². The van der Waals surface area contributed by atoms with Crippen LogP contribution in [0.5, 0.6) is 11.5 Å². The summed E-state index contributed by atoms with van der Waals surface area (Å²) in [7, 11) is -0.513. The zero-order valence-electron chi connectivity index (χ0n) is 27.8. The SMILES string of the molecule is CC[Si](CC)(CC)O[C@@H]1[C@@H](O)[C@H](Oc2ccc3c(OC(c4ccccc4)c4ccccc4)cc(=O)oc3c2C)OC(C)(C)[C@@H]1OC. The second kappa shape index (κ2) is 14.1. The van der Waals surface area contributed by atoms with Gasteiger partial charge in [-0.2, -0.15) is 0 Å². The third-order valence-corrected chi connectivity index (χ3v) is 14.0. The molecule has 1 saturated heterocycles. The molecule has 9 heteroatoms. The van der Waals surface area contributed by atoms with Crippen LogP contribution in [0.2, 0.25) is 18.1 Å². The van der Waals surface area contributed by atoms with E-state index in [2.05, 4.69) is 20.8 Å². The fraction of sp³-hybridized carbons (Fsp3) is 0.432. The lowest BCUT2D eigenvalue weighted by Crippen LogP contribution is -2.66. The Labute approximate surface area is 272 Å². The maximum atomic E-state index is 12.9. The Kier molecular flexibility index (Phi) is 10.4. The molecule has 0 saturated carbocycles. The second-order valence-electron chi connectivity index (χ2n) is 12.5. The molecule has 0 radical (unpaired) electrons. The Bertz CT molecular complexity index is 1600. The van der Waals surface area contributed by atoms with Gasteiger partial charge in [-0.25, -0.2) is 4.79 Å². The zero-order valence-corrected chi connectivity index (χ0v) is 28.8. The number of hydrogen-bond donors (Lipinski definition) is 1. The summed E-state index contributed by atoms with van der Waals surface area (Å²) in [6.07, 6.45) is -3.77. The molecule has 1 N–H and O–H groups in total. The molecule has 1 aromatic heterocycles. The summed E-state index contributed by atoms with van der Waals surface area (Å²) in [6, 6.07) is 27.5. The van der Waals surface area contributed by atoms with Gasteiger partial charge in [0.15, 0.2) is 8.32 Å². The molecule has 1 aliphatic heterocycles. The number of aliphatic hydroxyl groups excluding tert-OH is 1. The van der Waals surface area contributed by atoms with E-state index >= 15 is 0 Å². The van der Waals surface area contributed by atoms with Crippen LogP contribution in [0.25, 0.3) is 11.0 Å². The predicted molar refractivity (Wildman–Crippen MR) is 181 cm³/mol. The first-order valence-corrected chi connectivity index (χ1v) is 18.7. The summed E-state index contributed by atoms with van der Waals surface area (Å²) in [4.78, 5) is 12.9. The zero-order chi connectivity index (χ0) is 33.1. The third kappa shape index (κ3) is 6.80.